The van der Waals surface area contributed by atoms with Gasteiger partial charge in [-0.05, 0) is 49.4 Å². The summed E-state index contributed by atoms with van der Waals surface area (Å²) in [5, 5.41) is 0. The summed E-state index contributed by atoms with van der Waals surface area (Å²) in [5.41, 5.74) is 2.08. The first-order valence-corrected chi connectivity index (χ1v) is 10.1. The lowest BCUT2D eigenvalue weighted by Gasteiger charge is -2.38. The third-order valence-electron chi connectivity index (χ3n) is 5.51. The van der Waals surface area contributed by atoms with Crippen molar-refractivity contribution in [1.29, 1.82) is 0 Å². The van der Waals surface area contributed by atoms with Gasteiger partial charge in [-0.15, -0.1) is 0 Å². The molecule has 0 spiro atoms. The van der Waals surface area contributed by atoms with Gasteiger partial charge in [0, 0.05) is 31.6 Å². The van der Waals surface area contributed by atoms with Gasteiger partial charge < -0.3 is 14.5 Å². The fraction of sp³-hybridized carbons (Fsp3) is 0.636. The molecule has 5 nitrogen and oxygen atoms in total. The lowest BCUT2D eigenvalue weighted by molar-refractivity contribution is -0.145. The fourth-order valence-electron chi connectivity index (χ4n) is 4.07. The van der Waals surface area contributed by atoms with E-state index in [1.165, 1.54) is 11.1 Å². The predicted molar refractivity (Wildman–Crippen MR) is 105 cm³/mol. The van der Waals surface area contributed by atoms with Crippen molar-refractivity contribution in [2.45, 2.75) is 53.5 Å². The Morgan fingerprint density at radius 2 is 1.93 bits per heavy atom. The maximum absolute atomic E-state index is 13.1. The number of hydrogen-bond acceptors (Lipinski definition) is 3. The second kappa shape index (κ2) is 7.91. The molecule has 1 aromatic carbocycles. The summed E-state index contributed by atoms with van der Waals surface area (Å²) in [7, 11) is 0. The Bertz CT molecular complexity index is 708. The van der Waals surface area contributed by atoms with Crippen molar-refractivity contribution < 1.29 is 14.3 Å². The molecule has 5 heteroatoms. The van der Waals surface area contributed by atoms with Crippen LogP contribution < -0.4 is 4.74 Å². The molecule has 148 valence electrons. The van der Waals surface area contributed by atoms with Crippen LogP contribution in [0.4, 0.5) is 0 Å². The summed E-state index contributed by atoms with van der Waals surface area (Å²) in [6, 6.07) is 6.19. The van der Waals surface area contributed by atoms with E-state index in [2.05, 4.69) is 12.1 Å². The zero-order valence-corrected chi connectivity index (χ0v) is 17.1. The lowest BCUT2D eigenvalue weighted by Crippen LogP contribution is -2.50. The molecule has 0 saturated carbocycles. The van der Waals surface area contributed by atoms with Gasteiger partial charge in [-0.25, -0.2) is 0 Å². The van der Waals surface area contributed by atoms with Crippen molar-refractivity contribution >= 4 is 11.8 Å². The Balaban J connectivity index is 1.67. The molecule has 2 amide bonds. The molecule has 0 aromatic heterocycles. The molecule has 0 bridgehead atoms. The van der Waals surface area contributed by atoms with Crippen molar-refractivity contribution in [3.8, 4) is 5.75 Å². The Kier molecular flexibility index (Phi) is 5.78. The Labute approximate surface area is 162 Å². The zero-order valence-electron chi connectivity index (χ0n) is 17.1. The number of hydrogen-bond donors (Lipinski definition) is 0. The van der Waals surface area contributed by atoms with Crippen LogP contribution in [0.3, 0.4) is 0 Å². The summed E-state index contributed by atoms with van der Waals surface area (Å²) in [6.45, 7) is 11.2. The zero-order chi connectivity index (χ0) is 19.6. The SMILES string of the molecule is CCOc1ccc2c(c1)CN(C(=O)C1CCCN(C(=O)C(C)(C)C)C1)CC2. The number of carbonyl (C=O) groups excluding carboxylic acids is 2. The first-order chi connectivity index (χ1) is 12.8. The van der Waals surface area contributed by atoms with Crippen LogP contribution in [0.25, 0.3) is 0 Å². The van der Waals surface area contributed by atoms with Crippen molar-refractivity contribution in [2.75, 3.05) is 26.2 Å². The molecule has 2 heterocycles. The fourth-order valence-corrected chi connectivity index (χ4v) is 4.07. The van der Waals surface area contributed by atoms with Crippen molar-refractivity contribution in [2.24, 2.45) is 11.3 Å². The van der Waals surface area contributed by atoms with Gasteiger partial charge in [0.1, 0.15) is 5.75 Å². The maximum Gasteiger partial charge on any atom is 0.227 e. The minimum atomic E-state index is -0.398. The van der Waals surface area contributed by atoms with E-state index >= 15 is 0 Å². The average molecular weight is 373 g/mol. The van der Waals surface area contributed by atoms with Crippen molar-refractivity contribution in [3.63, 3.8) is 0 Å². The van der Waals surface area contributed by atoms with Gasteiger partial charge in [0.25, 0.3) is 0 Å². The molecule has 1 atom stereocenters. The predicted octanol–water partition coefficient (Wildman–Crippen LogP) is 3.25. The van der Waals surface area contributed by atoms with Crippen LogP contribution in [0.5, 0.6) is 5.75 Å². The van der Waals surface area contributed by atoms with E-state index in [9.17, 15) is 9.59 Å². The summed E-state index contributed by atoms with van der Waals surface area (Å²) in [6.07, 6.45) is 2.65. The minimum Gasteiger partial charge on any atom is -0.494 e. The molecule has 0 N–H and O–H groups in total. The highest BCUT2D eigenvalue weighted by atomic mass is 16.5. The molecule has 3 rings (SSSR count). The first-order valence-electron chi connectivity index (χ1n) is 10.1. The molecule has 0 radical (unpaired) electrons. The molecule has 2 aliphatic heterocycles. The molecule has 2 aliphatic rings. The monoisotopic (exact) mass is 372 g/mol. The number of ether oxygens (including phenoxy) is 1. The number of piperidine rings is 1. The van der Waals surface area contributed by atoms with E-state index in [1.54, 1.807) is 0 Å². The van der Waals surface area contributed by atoms with Crippen LogP contribution >= 0.6 is 0 Å². The van der Waals surface area contributed by atoms with E-state index in [4.69, 9.17) is 4.74 Å². The number of rotatable bonds is 3. The van der Waals surface area contributed by atoms with Crippen LogP contribution in [0.2, 0.25) is 0 Å². The summed E-state index contributed by atoms with van der Waals surface area (Å²) < 4.78 is 5.61. The van der Waals surface area contributed by atoms with Gasteiger partial charge in [-0.2, -0.15) is 0 Å². The van der Waals surface area contributed by atoms with Crippen LogP contribution in [0.15, 0.2) is 18.2 Å². The van der Waals surface area contributed by atoms with Gasteiger partial charge in [-0.3, -0.25) is 9.59 Å². The van der Waals surface area contributed by atoms with E-state index in [0.717, 1.165) is 38.1 Å². The number of fused-ring (bicyclic) bond motifs is 1. The van der Waals surface area contributed by atoms with E-state index in [0.29, 0.717) is 19.7 Å². The standard InChI is InChI=1S/C22H32N2O3/c1-5-27-19-9-8-16-10-12-23(15-18(16)13-19)20(25)17-7-6-11-24(14-17)21(26)22(2,3)4/h8-9,13,17H,5-7,10-12,14-15H2,1-4H3. The minimum absolute atomic E-state index is 0.0818. The number of likely N-dealkylation sites (tertiary alicyclic amines) is 1. The second-order valence-electron chi connectivity index (χ2n) is 8.71. The largest absolute Gasteiger partial charge is 0.494 e. The molecule has 1 unspecified atom stereocenters. The Hall–Kier alpha value is -2.04. The Morgan fingerprint density at radius 1 is 1.15 bits per heavy atom. The van der Waals surface area contributed by atoms with Crippen molar-refractivity contribution in [3.05, 3.63) is 29.3 Å². The van der Waals surface area contributed by atoms with Gasteiger partial charge in [-0.1, -0.05) is 26.8 Å². The normalized spacial score (nSPS) is 20.2. The molecular formula is C22H32N2O3. The quantitative estimate of drug-likeness (QED) is 0.818. The number of amides is 2. The molecular weight excluding hydrogens is 340 g/mol. The van der Waals surface area contributed by atoms with Crippen molar-refractivity contribution in [1.82, 2.24) is 9.80 Å². The van der Waals surface area contributed by atoms with Gasteiger partial charge in [0.15, 0.2) is 0 Å². The lowest BCUT2D eigenvalue weighted by atomic mass is 9.90. The van der Waals surface area contributed by atoms with Crippen LogP contribution in [-0.2, 0) is 22.6 Å². The summed E-state index contributed by atoms with van der Waals surface area (Å²) >= 11 is 0. The van der Waals surface area contributed by atoms with Crippen LogP contribution in [0.1, 0.15) is 51.7 Å². The van der Waals surface area contributed by atoms with E-state index in [-0.39, 0.29) is 17.7 Å². The highest BCUT2D eigenvalue weighted by molar-refractivity contribution is 5.84. The van der Waals surface area contributed by atoms with E-state index in [1.807, 2.05) is 43.6 Å². The summed E-state index contributed by atoms with van der Waals surface area (Å²) in [4.78, 5) is 29.6. The van der Waals surface area contributed by atoms with Crippen LogP contribution in [0, 0.1) is 11.3 Å². The number of nitrogens with zero attached hydrogens (tertiary/aromatic N) is 2. The van der Waals surface area contributed by atoms with Gasteiger partial charge in [0.05, 0.1) is 12.5 Å². The van der Waals surface area contributed by atoms with E-state index < -0.39 is 5.41 Å². The molecule has 27 heavy (non-hydrogen) atoms. The highest BCUT2D eigenvalue weighted by Gasteiger charge is 2.35. The molecule has 1 aromatic rings. The smallest absolute Gasteiger partial charge is 0.227 e. The Morgan fingerprint density at radius 3 is 2.63 bits per heavy atom. The first kappa shape index (κ1) is 19.7. The second-order valence-corrected chi connectivity index (χ2v) is 8.71. The average Bonchev–Trinajstić information content (AvgIpc) is 2.66. The van der Waals surface area contributed by atoms with Crippen LogP contribution in [-0.4, -0.2) is 47.9 Å². The topological polar surface area (TPSA) is 49.9 Å². The molecule has 1 fully saturated rings. The molecule has 0 aliphatic carbocycles. The third-order valence-corrected chi connectivity index (χ3v) is 5.51. The third kappa shape index (κ3) is 4.45. The van der Waals surface area contributed by atoms with Gasteiger partial charge in [0.2, 0.25) is 11.8 Å². The number of benzene rings is 1. The maximum atomic E-state index is 13.1. The highest BCUT2D eigenvalue weighted by Crippen LogP contribution is 2.28. The number of carbonyl (C=O) groups is 2. The molecule has 1 saturated heterocycles. The van der Waals surface area contributed by atoms with Gasteiger partial charge >= 0.3 is 0 Å². The summed E-state index contributed by atoms with van der Waals surface area (Å²) in [5.74, 6) is 1.12.